The van der Waals surface area contributed by atoms with Crippen molar-refractivity contribution < 1.29 is 19.2 Å². The molecule has 5 amide bonds. The average Bonchev–Trinajstić information content (AvgIpc) is 3.26. The molecule has 8 heteroatoms. The monoisotopic (exact) mass is 454 g/mol. The van der Waals surface area contributed by atoms with Crippen LogP contribution in [-0.4, -0.2) is 52.7 Å². The first-order valence-corrected chi connectivity index (χ1v) is 11.8. The Morgan fingerprint density at radius 2 is 1.48 bits per heavy atom. The van der Waals surface area contributed by atoms with Crippen molar-refractivity contribution in [2.45, 2.75) is 70.8 Å². The third kappa shape index (κ3) is 5.43. The van der Waals surface area contributed by atoms with Gasteiger partial charge in [0.05, 0.1) is 11.7 Å². The van der Waals surface area contributed by atoms with E-state index in [1.807, 2.05) is 30.3 Å². The van der Waals surface area contributed by atoms with E-state index in [1.54, 1.807) is 5.01 Å². The summed E-state index contributed by atoms with van der Waals surface area (Å²) in [6, 6.07) is 8.56. The summed E-state index contributed by atoms with van der Waals surface area (Å²) < 4.78 is 0. The van der Waals surface area contributed by atoms with Crippen LogP contribution in [0.15, 0.2) is 41.6 Å². The van der Waals surface area contributed by atoms with Crippen molar-refractivity contribution in [1.29, 1.82) is 0 Å². The van der Waals surface area contributed by atoms with Gasteiger partial charge in [-0.1, -0.05) is 75.8 Å². The molecule has 1 N–H and O–H groups in total. The van der Waals surface area contributed by atoms with E-state index in [-0.39, 0.29) is 17.5 Å². The molecule has 0 aromatic heterocycles. The second kappa shape index (κ2) is 11.1. The van der Waals surface area contributed by atoms with Crippen molar-refractivity contribution >= 4 is 23.8 Å². The Hall–Kier alpha value is -3.16. The van der Waals surface area contributed by atoms with Crippen molar-refractivity contribution in [2.24, 2.45) is 0 Å². The summed E-state index contributed by atoms with van der Waals surface area (Å²) in [6.07, 6.45) is 8.50. The number of imide groups is 2. The van der Waals surface area contributed by atoms with E-state index in [2.05, 4.69) is 12.3 Å². The number of nitrogens with zero attached hydrogens (tertiary/aromatic N) is 3. The van der Waals surface area contributed by atoms with Crippen LogP contribution in [-0.2, 0) is 14.4 Å². The van der Waals surface area contributed by atoms with Gasteiger partial charge in [0.1, 0.15) is 5.57 Å². The molecule has 0 radical (unpaired) electrons. The Kier molecular flexibility index (Phi) is 8.25. The molecule has 0 saturated carbocycles. The van der Waals surface area contributed by atoms with Crippen molar-refractivity contribution in [2.75, 3.05) is 14.1 Å². The van der Waals surface area contributed by atoms with Crippen molar-refractivity contribution in [1.82, 2.24) is 20.2 Å². The highest BCUT2D eigenvalue weighted by atomic mass is 16.2. The number of hydrogen-bond donors (Lipinski definition) is 1. The molecule has 0 aliphatic carbocycles. The molecule has 3 rings (SSSR count). The van der Waals surface area contributed by atoms with Crippen LogP contribution >= 0.6 is 0 Å². The maximum Gasteiger partial charge on any atom is 0.333 e. The van der Waals surface area contributed by atoms with Gasteiger partial charge in [0, 0.05) is 26.9 Å². The van der Waals surface area contributed by atoms with Crippen molar-refractivity contribution in [3.63, 3.8) is 0 Å². The van der Waals surface area contributed by atoms with E-state index in [9.17, 15) is 19.2 Å². The van der Waals surface area contributed by atoms with E-state index in [1.165, 1.54) is 39.8 Å². The molecule has 1 aromatic rings. The van der Waals surface area contributed by atoms with E-state index in [0.717, 1.165) is 34.6 Å². The van der Waals surface area contributed by atoms with Crippen LogP contribution in [0.1, 0.15) is 76.3 Å². The highest BCUT2D eigenvalue weighted by molar-refractivity contribution is 6.28. The SMILES string of the molecule is CCCCCCCCCC(=O)N1NC(=C2C(=O)N(C)C(=O)N(C)C2=O)CC1c1ccccc1. The van der Waals surface area contributed by atoms with Crippen molar-refractivity contribution in [3.05, 3.63) is 47.2 Å². The summed E-state index contributed by atoms with van der Waals surface area (Å²) in [4.78, 5) is 52.6. The first-order chi connectivity index (χ1) is 15.9. The quantitative estimate of drug-likeness (QED) is 0.347. The summed E-state index contributed by atoms with van der Waals surface area (Å²) in [5.74, 6) is -1.38. The molecule has 178 valence electrons. The summed E-state index contributed by atoms with van der Waals surface area (Å²) in [7, 11) is 2.70. The lowest BCUT2D eigenvalue weighted by molar-refractivity contribution is -0.136. The van der Waals surface area contributed by atoms with Gasteiger partial charge in [-0.3, -0.25) is 29.6 Å². The lowest BCUT2D eigenvalue weighted by Gasteiger charge is -2.30. The number of barbiturate groups is 1. The highest BCUT2D eigenvalue weighted by Gasteiger charge is 2.43. The molecule has 2 saturated heterocycles. The maximum absolute atomic E-state index is 13.1. The van der Waals surface area contributed by atoms with Crippen molar-refractivity contribution in [3.8, 4) is 0 Å². The summed E-state index contributed by atoms with van der Waals surface area (Å²) in [5, 5.41) is 1.55. The van der Waals surface area contributed by atoms with Gasteiger partial charge >= 0.3 is 6.03 Å². The fourth-order valence-corrected chi connectivity index (χ4v) is 4.33. The van der Waals surface area contributed by atoms with E-state index in [4.69, 9.17) is 0 Å². The van der Waals surface area contributed by atoms with E-state index < -0.39 is 17.8 Å². The molecule has 0 bridgehead atoms. The van der Waals surface area contributed by atoms with Gasteiger partial charge in [-0.2, -0.15) is 0 Å². The predicted molar refractivity (Wildman–Crippen MR) is 124 cm³/mol. The number of carbonyl (C=O) groups excluding carboxylic acids is 4. The maximum atomic E-state index is 13.1. The standard InChI is InChI=1S/C25H34N4O4/c1-4-5-6-7-8-9-13-16-21(30)29-20(18-14-11-10-12-15-18)17-19(26-29)22-23(31)27(2)25(33)28(3)24(22)32/h10-12,14-15,20,26H,4-9,13,16-17H2,1-3H3. The minimum Gasteiger partial charge on any atom is -0.298 e. The first-order valence-electron chi connectivity index (χ1n) is 11.8. The molecule has 2 heterocycles. The number of rotatable bonds is 9. The third-order valence-corrected chi connectivity index (χ3v) is 6.32. The Bertz CT molecular complexity index is 902. The molecular weight excluding hydrogens is 420 g/mol. The highest BCUT2D eigenvalue weighted by Crippen LogP contribution is 2.35. The fourth-order valence-electron chi connectivity index (χ4n) is 4.33. The number of amides is 5. The Morgan fingerprint density at radius 1 is 0.909 bits per heavy atom. The van der Waals surface area contributed by atoms with Gasteiger partial charge in [0.25, 0.3) is 11.8 Å². The second-order valence-electron chi connectivity index (χ2n) is 8.74. The molecule has 2 fully saturated rings. The molecule has 1 aromatic carbocycles. The Balaban J connectivity index is 1.77. The van der Waals surface area contributed by atoms with Crippen LogP contribution in [0.25, 0.3) is 0 Å². The molecule has 0 spiro atoms. The second-order valence-corrected chi connectivity index (χ2v) is 8.74. The van der Waals surface area contributed by atoms with Gasteiger partial charge in [0.15, 0.2) is 0 Å². The molecule has 2 aliphatic heterocycles. The molecule has 8 nitrogen and oxygen atoms in total. The predicted octanol–water partition coefficient (Wildman–Crippen LogP) is 3.91. The average molecular weight is 455 g/mol. The molecular formula is C25H34N4O4. The van der Waals surface area contributed by atoms with Crippen LogP contribution in [0.3, 0.4) is 0 Å². The first kappa shape index (κ1) is 24.5. The minimum atomic E-state index is -0.668. The smallest absolute Gasteiger partial charge is 0.298 e. The van der Waals surface area contributed by atoms with Gasteiger partial charge in [-0.15, -0.1) is 0 Å². The van der Waals surface area contributed by atoms with E-state index >= 15 is 0 Å². The Morgan fingerprint density at radius 3 is 2.09 bits per heavy atom. The van der Waals surface area contributed by atoms with Crippen LogP contribution in [0, 0.1) is 0 Å². The number of nitrogens with one attached hydrogen (secondary N) is 1. The van der Waals surface area contributed by atoms with Crippen LogP contribution in [0.4, 0.5) is 4.79 Å². The third-order valence-electron chi connectivity index (χ3n) is 6.32. The molecule has 2 aliphatic rings. The lowest BCUT2D eigenvalue weighted by Crippen LogP contribution is -2.54. The van der Waals surface area contributed by atoms with Gasteiger partial charge in [0.2, 0.25) is 5.91 Å². The summed E-state index contributed by atoms with van der Waals surface area (Å²) in [6.45, 7) is 2.19. The molecule has 33 heavy (non-hydrogen) atoms. The molecule has 1 unspecified atom stereocenters. The number of benzene rings is 1. The zero-order valence-electron chi connectivity index (χ0n) is 19.8. The number of hydrazine groups is 1. The number of hydrogen-bond acceptors (Lipinski definition) is 5. The molecule has 1 atom stereocenters. The van der Waals surface area contributed by atoms with E-state index in [0.29, 0.717) is 18.5 Å². The van der Waals surface area contributed by atoms with Crippen LogP contribution in [0.2, 0.25) is 0 Å². The number of likely N-dealkylation sites (N-methyl/N-ethyl adjacent to an activating group) is 2. The number of urea groups is 1. The number of carbonyl (C=O) groups is 4. The van der Waals surface area contributed by atoms with Gasteiger partial charge in [-0.25, -0.2) is 9.80 Å². The summed E-state index contributed by atoms with van der Waals surface area (Å²) in [5.41, 5.74) is 4.25. The summed E-state index contributed by atoms with van der Waals surface area (Å²) >= 11 is 0. The zero-order chi connectivity index (χ0) is 24.0. The number of unbranched alkanes of at least 4 members (excludes halogenated alkanes) is 6. The fraction of sp³-hybridized carbons (Fsp3) is 0.520. The van der Waals surface area contributed by atoms with Crippen LogP contribution in [0.5, 0.6) is 0 Å². The lowest BCUT2D eigenvalue weighted by atomic mass is 9.99. The minimum absolute atomic E-state index is 0.0681. The van der Waals surface area contributed by atoms with Crippen LogP contribution < -0.4 is 5.43 Å². The zero-order valence-corrected chi connectivity index (χ0v) is 19.8. The largest absolute Gasteiger partial charge is 0.333 e. The normalized spacial score (nSPS) is 18.9. The van der Waals surface area contributed by atoms with Gasteiger partial charge < -0.3 is 0 Å². The topological polar surface area (TPSA) is 90.0 Å². The van der Waals surface area contributed by atoms with Gasteiger partial charge in [-0.05, 0) is 12.0 Å². The Labute approximate surface area is 195 Å².